The Hall–Kier alpha value is -3.45. The Kier molecular flexibility index (Phi) is 6.64. The average Bonchev–Trinajstić information content (AvgIpc) is 3.16. The van der Waals surface area contributed by atoms with E-state index < -0.39 is 30.8 Å². The first kappa shape index (κ1) is 21.3. The van der Waals surface area contributed by atoms with Gasteiger partial charge in [-0.2, -0.15) is 0 Å². The Balaban J connectivity index is 1.59. The fourth-order valence-corrected chi connectivity index (χ4v) is 2.99. The Labute approximate surface area is 171 Å². The van der Waals surface area contributed by atoms with Crippen LogP contribution in [0, 0.1) is 0 Å². The van der Waals surface area contributed by atoms with Crippen LogP contribution in [-0.2, 0) is 17.8 Å². The molecule has 5 N–H and O–H groups in total. The van der Waals surface area contributed by atoms with Gasteiger partial charge in [0.2, 0.25) is 5.91 Å². The van der Waals surface area contributed by atoms with Gasteiger partial charge in [-0.05, 0) is 25.1 Å². The highest BCUT2D eigenvalue weighted by Gasteiger charge is 2.37. The molecule has 2 amide bonds. The van der Waals surface area contributed by atoms with Crippen LogP contribution in [0.1, 0.15) is 26.4 Å². The number of benzene rings is 1. The van der Waals surface area contributed by atoms with Gasteiger partial charge >= 0.3 is 13.1 Å². The van der Waals surface area contributed by atoms with E-state index in [0.717, 1.165) is 0 Å². The summed E-state index contributed by atoms with van der Waals surface area (Å²) in [6.45, 7) is 0.806. The third-order valence-corrected chi connectivity index (χ3v) is 4.43. The summed E-state index contributed by atoms with van der Waals surface area (Å²) in [5.41, 5.74) is 0.585. The number of rotatable bonds is 8. The number of para-hydroxylation sites is 1. The maximum atomic E-state index is 12.3. The summed E-state index contributed by atoms with van der Waals surface area (Å²) in [6, 6.07) is 4.62. The number of aromatic carboxylic acids is 1. The molecule has 1 aromatic heterocycles. The van der Waals surface area contributed by atoms with E-state index in [4.69, 9.17) is 4.65 Å². The molecule has 1 aliphatic heterocycles. The largest absolute Gasteiger partial charge is 0.547 e. The molecule has 0 aliphatic carbocycles. The molecule has 1 unspecified atom stereocenters. The molecule has 0 fully saturated rings. The van der Waals surface area contributed by atoms with Crippen molar-refractivity contribution < 1.29 is 29.2 Å². The lowest BCUT2D eigenvalue weighted by Gasteiger charge is -2.28. The number of aromatic nitrogens is 3. The van der Waals surface area contributed by atoms with E-state index in [2.05, 4.69) is 26.3 Å². The van der Waals surface area contributed by atoms with E-state index in [0.29, 0.717) is 18.7 Å². The molecule has 12 nitrogen and oxygen atoms in total. The smallest absolute Gasteiger partial charge is 0.534 e. The van der Waals surface area contributed by atoms with Gasteiger partial charge in [-0.25, -0.2) is 9.48 Å². The lowest BCUT2D eigenvalue weighted by atomic mass is 9.72. The predicted molar refractivity (Wildman–Crippen MR) is 104 cm³/mol. The number of nitrogens with one attached hydrogen (secondary N) is 3. The highest BCUT2D eigenvalue weighted by molar-refractivity contribution is 6.47. The van der Waals surface area contributed by atoms with E-state index in [1.165, 1.54) is 16.9 Å². The summed E-state index contributed by atoms with van der Waals surface area (Å²) in [6.07, 6.45) is 1.54. The molecule has 0 bridgehead atoms. The van der Waals surface area contributed by atoms with Crippen molar-refractivity contribution in [2.45, 2.75) is 18.9 Å². The molecule has 0 saturated heterocycles. The van der Waals surface area contributed by atoms with Gasteiger partial charge < -0.3 is 30.7 Å². The number of carboxylic acid groups (broad SMARTS) is 1. The van der Waals surface area contributed by atoms with Crippen LogP contribution < -0.4 is 20.6 Å². The second-order valence-electron chi connectivity index (χ2n) is 6.65. The number of nitrogens with zero attached hydrogens (tertiary/aromatic N) is 3. The quantitative estimate of drug-likeness (QED) is 0.243. The van der Waals surface area contributed by atoms with Gasteiger partial charge in [-0.3, -0.25) is 9.59 Å². The molecule has 13 heteroatoms. The van der Waals surface area contributed by atoms with Gasteiger partial charge in [-0.1, -0.05) is 17.3 Å². The zero-order valence-electron chi connectivity index (χ0n) is 16.2. The van der Waals surface area contributed by atoms with Crippen LogP contribution in [0.15, 0.2) is 24.4 Å². The summed E-state index contributed by atoms with van der Waals surface area (Å²) >= 11 is 0. The number of carbonyl (C=O) groups excluding carboxylic acids is 2. The molecule has 0 spiro atoms. The average molecular weight is 416 g/mol. The number of hydrogen-bond donors (Lipinski definition) is 5. The number of hydrogen-bond acceptors (Lipinski definition) is 8. The molecule has 158 valence electrons. The van der Waals surface area contributed by atoms with Crippen LogP contribution >= 0.6 is 0 Å². The van der Waals surface area contributed by atoms with Gasteiger partial charge in [0.05, 0.1) is 17.7 Å². The minimum atomic E-state index is -1.41. The van der Waals surface area contributed by atoms with Crippen molar-refractivity contribution in [3.8, 4) is 5.75 Å². The predicted octanol–water partition coefficient (Wildman–Crippen LogP) is -1.93. The van der Waals surface area contributed by atoms with Crippen molar-refractivity contribution in [3.63, 3.8) is 0 Å². The van der Waals surface area contributed by atoms with E-state index >= 15 is 0 Å². The SMILES string of the molecule is CNCCNC(=O)c1cn(CC(=O)NC2Cc3cccc(C(=O)O)c3OB2O)nn1. The zero-order valence-corrected chi connectivity index (χ0v) is 16.2. The van der Waals surface area contributed by atoms with Crippen LogP contribution in [0.3, 0.4) is 0 Å². The van der Waals surface area contributed by atoms with Gasteiger partial charge in [-0.15, -0.1) is 5.10 Å². The Morgan fingerprint density at radius 1 is 1.33 bits per heavy atom. The highest BCUT2D eigenvalue weighted by Crippen LogP contribution is 2.30. The van der Waals surface area contributed by atoms with Crippen molar-refractivity contribution in [2.24, 2.45) is 0 Å². The van der Waals surface area contributed by atoms with Crippen LogP contribution in [0.2, 0.25) is 0 Å². The second kappa shape index (κ2) is 9.37. The van der Waals surface area contributed by atoms with Crippen molar-refractivity contribution in [1.29, 1.82) is 0 Å². The number of carbonyl (C=O) groups is 3. The maximum absolute atomic E-state index is 12.3. The van der Waals surface area contributed by atoms with Crippen LogP contribution in [0.4, 0.5) is 0 Å². The van der Waals surface area contributed by atoms with Crippen LogP contribution in [0.25, 0.3) is 0 Å². The molecule has 2 aromatic rings. The van der Waals surface area contributed by atoms with Crippen molar-refractivity contribution >= 4 is 24.9 Å². The lowest BCUT2D eigenvalue weighted by molar-refractivity contribution is -0.122. The zero-order chi connectivity index (χ0) is 21.7. The van der Waals surface area contributed by atoms with Gasteiger partial charge in [0.25, 0.3) is 5.91 Å². The first-order valence-electron chi connectivity index (χ1n) is 9.21. The van der Waals surface area contributed by atoms with Gasteiger partial charge in [0.1, 0.15) is 12.3 Å². The third kappa shape index (κ3) is 4.93. The topological polar surface area (TPSA) is 168 Å². The van der Waals surface area contributed by atoms with Crippen LogP contribution in [0.5, 0.6) is 5.75 Å². The highest BCUT2D eigenvalue weighted by atomic mass is 16.5. The molecule has 0 saturated carbocycles. The van der Waals surface area contributed by atoms with Crippen molar-refractivity contribution in [1.82, 2.24) is 30.9 Å². The molecule has 2 heterocycles. The number of carboxylic acids is 1. The molecule has 3 rings (SSSR count). The fourth-order valence-electron chi connectivity index (χ4n) is 2.99. The number of amides is 2. The maximum Gasteiger partial charge on any atom is 0.547 e. The van der Waals surface area contributed by atoms with Crippen LogP contribution in [-0.4, -0.2) is 76.1 Å². The van der Waals surface area contributed by atoms with E-state index in [9.17, 15) is 24.5 Å². The third-order valence-electron chi connectivity index (χ3n) is 4.43. The van der Waals surface area contributed by atoms with Crippen molar-refractivity contribution in [3.05, 3.63) is 41.2 Å². The second-order valence-corrected chi connectivity index (χ2v) is 6.65. The summed E-state index contributed by atoms with van der Waals surface area (Å²) in [7, 11) is 0.352. The first-order chi connectivity index (χ1) is 14.4. The molecule has 1 atom stereocenters. The van der Waals surface area contributed by atoms with E-state index in [-0.39, 0.29) is 30.0 Å². The Morgan fingerprint density at radius 2 is 2.13 bits per heavy atom. The minimum Gasteiger partial charge on any atom is -0.534 e. The summed E-state index contributed by atoms with van der Waals surface area (Å²) in [4.78, 5) is 35.5. The van der Waals surface area contributed by atoms with Crippen molar-refractivity contribution in [2.75, 3.05) is 20.1 Å². The lowest BCUT2D eigenvalue weighted by Crippen LogP contribution is -2.53. The van der Waals surface area contributed by atoms with E-state index in [1.54, 1.807) is 19.2 Å². The summed E-state index contributed by atoms with van der Waals surface area (Å²) in [5, 5.41) is 35.1. The normalized spacial score (nSPS) is 15.1. The standard InChI is InChI=1S/C17H21BN6O6/c1-19-5-6-20-16(26)12-8-24(23-22-12)9-14(25)21-13-7-10-3-2-4-11(17(27)28)15(10)30-18(13)29/h2-4,8,13,19,29H,5-7,9H2,1H3,(H,20,26)(H,21,25)(H,27,28). The van der Waals surface area contributed by atoms with Gasteiger partial charge in [0.15, 0.2) is 5.69 Å². The Bertz CT molecular complexity index is 951. The minimum absolute atomic E-state index is 0.0560. The molecular formula is C17H21BN6O6. The first-order valence-corrected chi connectivity index (χ1v) is 9.21. The molecule has 1 aromatic carbocycles. The molecule has 1 aliphatic rings. The van der Waals surface area contributed by atoms with Gasteiger partial charge in [0, 0.05) is 13.1 Å². The van der Waals surface area contributed by atoms with E-state index in [1.807, 2.05) is 0 Å². The molecule has 30 heavy (non-hydrogen) atoms. The molecular weight excluding hydrogens is 395 g/mol. The summed E-state index contributed by atoms with van der Waals surface area (Å²) in [5.74, 6) is -2.74. The summed E-state index contributed by atoms with van der Waals surface area (Å²) < 4.78 is 6.54. The number of likely N-dealkylation sites (N-methyl/N-ethyl adjacent to an activating group) is 1. The molecule has 0 radical (unpaired) electrons. The fraction of sp³-hybridized carbons (Fsp3) is 0.353. The monoisotopic (exact) mass is 416 g/mol. The number of fused-ring (bicyclic) bond motifs is 1. The Morgan fingerprint density at radius 3 is 2.87 bits per heavy atom.